The molecule has 0 aromatic rings. The zero-order valence-electron chi connectivity index (χ0n) is 8.58. The summed E-state index contributed by atoms with van der Waals surface area (Å²) in [7, 11) is 0. The molecule has 1 aliphatic carbocycles. The van der Waals surface area contributed by atoms with Crippen molar-refractivity contribution in [3.8, 4) is 0 Å². The van der Waals surface area contributed by atoms with Crippen molar-refractivity contribution in [1.82, 2.24) is 4.90 Å². The average molecular weight is 210 g/mol. The van der Waals surface area contributed by atoms with Gasteiger partial charge in [-0.1, -0.05) is 6.08 Å². The summed E-state index contributed by atoms with van der Waals surface area (Å²) in [5, 5.41) is 0. The number of rotatable bonds is 1. The third kappa shape index (κ3) is 2.03. The van der Waals surface area contributed by atoms with E-state index in [-0.39, 0.29) is 5.91 Å². The van der Waals surface area contributed by atoms with Crippen molar-refractivity contribution in [3.05, 3.63) is 23.7 Å². The molecular weight excluding hydrogens is 195 g/mol. The van der Waals surface area contributed by atoms with E-state index in [1.54, 1.807) is 11.0 Å². The molecule has 0 bridgehead atoms. The van der Waals surface area contributed by atoms with Gasteiger partial charge in [0, 0.05) is 18.8 Å². The second kappa shape index (κ2) is 4.04. The highest BCUT2D eigenvalue weighted by molar-refractivity contribution is 5.82. The minimum Gasteiger partial charge on any atom is -0.399 e. The molecule has 0 radical (unpaired) electrons. The fourth-order valence-electron chi connectivity index (χ4n) is 2.06. The van der Waals surface area contributed by atoms with E-state index in [4.69, 9.17) is 5.73 Å². The van der Waals surface area contributed by atoms with E-state index in [0.29, 0.717) is 12.1 Å². The van der Waals surface area contributed by atoms with Crippen LogP contribution in [-0.2, 0) is 4.79 Å². The summed E-state index contributed by atoms with van der Waals surface area (Å²) in [6.07, 6.45) is 5.41. The summed E-state index contributed by atoms with van der Waals surface area (Å²) in [5.74, 6) is -1.12. The molecule has 1 atom stereocenters. The zero-order valence-corrected chi connectivity index (χ0v) is 8.58. The number of amides is 1. The van der Waals surface area contributed by atoms with Gasteiger partial charge < -0.3 is 10.6 Å². The molecule has 1 heterocycles. The number of nitrogens with zero attached hydrogens (tertiary/aromatic N) is 1. The van der Waals surface area contributed by atoms with E-state index in [9.17, 15) is 9.18 Å². The van der Waals surface area contributed by atoms with E-state index >= 15 is 0 Å². The highest BCUT2D eigenvalue weighted by Crippen LogP contribution is 2.26. The Balaban J connectivity index is 2.06. The fourth-order valence-corrected chi connectivity index (χ4v) is 2.06. The largest absolute Gasteiger partial charge is 0.399 e. The van der Waals surface area contributed by atoms with Gasteiger partial charge in [0.25, 0.3) is 0 Å². The first kappa shape index (κ1) is 10.2. The Hall–Kier alpha value is -1.32. The van der Waals surface area contributed by atoms with Gasteiger partial charge in [-0.25, -0.2) is 4.39 Å². The number of hydrogen-bond donors (Lipinski definition) is 1. The van der Waals surface area contributed by atoms with Gasteiger partial charge in [0.1, 0.15) is 5.83 Å². The Bertz CT molecular complexity index is 329. The predicted octanol–water partition coefficient (Wildman–Crippen LogP) is 1.32. The molecule has 0 aromatic carbocycles. The molecule has 0 saturated carbocycles. The summed E-state index contributed by atoms with van der Waals surface area (Å²) in [4.78, 5) is 13.6. The molecule has 4 heteroatoms. The Labute approximate surface area is 88.4 Å². The molecule has 1 amide bonds. The third-order valence-electron chi connectivity index (χ3n) is 2.94. The van der Waals surface area contributed by atoms with Gasteiger partial charge >= 0.3 is 0 Å². The van der Waals surface area contributed by atoms with Crippen LogP contribution in [0.25, 0.3) is 0 Å². The Morgan fingerprint density at radius 1 is 1.47 bits per heavy atom. The van der Waals surface area contributed by atoms with E-state index in [1.165, 1.54) is 6.08 Å². The number of nitrogens with two attached hydrogens (primary N) is 1. The van der Waals surface area contributed by atoms with Gasteiger partial charge in [0.15, 0.2) is 0 Å². The Morgan fingerprint density at radius 2 is 2.13 bits per heavy atom. The number of hydrogen-bond acceptors (Lipinski definition) is 2. The van der Waals surface area contributed by atoms with Crippen LogP contribution in [0, 0.1) is 5.92 Å². The zero-order chi connectivity index (χ0) is 10.8. The Kier molecular flexibility index (Phi) is 2.75. The van der Waals surface area contributed by atoms with Crippen LogP contribution >= 0.6 is 0 Å². The molecule has 1 fully saturated rings. The first-order chi connectivity index (χ1) is 7.18. The lowest BCUT2D eigenvalue weighted by Gasteiger charge is -2.23. The molecule has 2 N–H and O–H groups in total. The van der Waals surface area contributed by atoms with Crippen molar-refractivity contribution >= 4 is 5.91 Å². The predicted molar refractivity (Wildman–Crippen MR) is 55.4 cm³/mol. The molecule has 1 aliphatic heterocycles. The molecular formula is C11H15FN2O. The van der Waals surface area contributed by atoms with Gasteiger partial charge in [0.05, 0.1) is 5.92 Å². The minimum absolute atomic E-state index is 0.0926. The second-order valence-electron chi connectivity index (χ2n) is 4.05. The van der Waals surface area contributed by atoms with E-state index in [1.807, 2.05) is 0 Å². The lowest BCUT2D eigenvalue weighted by atomic mass is 9.96. The van der Waals surface area contributed by atoms with E-state index in [2.05, 4.69) is 0 Å². The third-order valence-corrected chi connectivity index (χ3v) is 2.94. The standard InChI is InChI=1S/C11H15FN2O/c12-10-7-8(13)3-4-9(10)11(15)14-5-1-2-6-14/h3,7,9H,1-2,4-6,13H2. The molecule has 3 nitrogen and oxygen atoms in total. The van der Waals surface area contributed by atoms with Crippen LogP contribution in [0.4, 0.5) is 4.39 Å². The highest BCUT2D eigenvalue weighted by Gasteiger charge is 2.30. The maximum absolute atomic E-state index is 13.5. The van der Waals surface area contributed by atoms with Crippen molar-refractivity contribution in [2.24, 2.45) is 11.7 Å². The van der Waals surface area contributed by atoms with Gasteiger partial charge in [-0.15, -0.1) is 0 Å². The first-order valence-corrected chi connectivity index (χ1v) is 5.30. The molecule has 0 aromatic heterocycles. The summed E-state index contributed by atoms with van der Waals surface area (Å²) in [6, 6.07) is 0. The van der Waals surface area contributed by atoms with Crippen LogP contribution in [0.5, 0.6) is 0 Å². The molecule has 0 spiro atoms. The Morgan fingerprint density at radius 3 is 2.73 bits per heavy atom. The van der Waals surface area contributed by atoms with Gasteiger partial charge in [-0.2, -0.15) is 0 Å². The first-order valence-electron chi connectivity index (χ1n) is 5.30. The summed E-state index contributed by atoms with van der Waals surface area (Å²) in [6.45, 7) is 1.53. The summed E-state index contributed by atoms with van der Waals surface area (Å²) < 4.78 is 13.5. The quantitative estimate of drug-likeness (QED) is 0.709. The topological polar surface area (TPSA) is 46.3 Å². The molecule has 2 aliphatic rings. The molecule has 2 rings (SSSR count). The smallest absolute Gasteiger partial charge is 0.232 e. The maximum atomic E-state index is 13.5. The van der Waals surface area contributed by atoms with Crippen LogP contribution in [-0.4, -0.2) is 23.9 Å². The normalized spacial score (nSPS) is 26.2. The maximum Gasteiger partial charge on any atom is 0.232 e. The highest BCUT2D eigenvalue weighted by atomic mass is 19.1. The lowest BCUT2D eigenvalue weighted by molar-refractivity contribution is -0.133. The van der Waals surface area contributed by atoms with Crippen molar-refractivity contribution in [2.45, 2.75) is 19.3 Å². The number of carbonyl (C=O) groups is 1. The van der Waals surface area contributed by atoms with Crippen molar-refractivity contribution in [1.29, 1.82) is 0 Å². The van der Waals surface area contributed by atoms with Gasteiger partial charge in [-0.05, 0) is 25.3 Å². The average Bonchev–Trinajstić information content (AvgIpc) is 2.69. The SMILES string of the molecule is NC1=CCC(C(=O)N2CCCC2)C(F)=C1. The number of likely N-dealkylation sites (tertiary alicyclic amines) is 1. The van der Waals surface area contributed by atoms with Crippen LogP contribution < -0.4 is 5.73 Å². The van der Waals surface area contributed by atoms with Crippen molar-refractivity contribution < 1.29 is 9.18 Å². The lowest BCUT2D eigenvalue weighted by Crippen LogP contribution is -2.34. The molecule has 15 heavy (non-hydrogen) atoms. The molecule has 82 valence electrons. The molecule has 1 unspecified atom stereocenters. The summed E-state index contributed by atoms with van der Waals surface area (Å²) in [5.41, 5.74) is 5.88. The van der Waals surface area contributed by atoms with Crippen LogP contribution in [0.2, 0.25) is 0 Å². The van der Waals surface area contributed by atoms with Crippen LogP contribution in [0.15, 0.2) is 23.7 Å². The van der Waals surface area contributed by atoms with Crippen molar-refractivity contribution in [2.75, 3.05) is 13.1 Å². The number of allylic oxidation sites excluding steroid dienone is 2. The van der Waals surface area contributed by atoms with E-state index < -0.39 is 11.7 Å². The summed E-state index contributed by atoms with van der Waals surface area (Å²) >= 11 is 0. The van der Waals surface area contributed by atoms with Gasteiger partial charge in [0.2, 0.25) is 5.91 Å². The van der Waals surface area contributed by atoms with Crippen LogP contribution in [0.1, 0.15) is 19.3 Å². The monoisotopic (exact) mass is 210 g/mol. The number of halogens is 1. The van der Waals surface area contributed by atoms with E-state index in [0.717, 1.165) is 25.9 Å². The second-order valence-corrected chi connectivity index (χ2v) is 4.05. The number of carbonyl (C=O) groups excluding carboxylic acids is 1. The van der Waals surface area contributed by atoms with Crippen LogP contribution in [0.3, 0.4) is 0 Å². The minimum atomic E-state index is -0.629. The van der Waals surface area contributed by atoms with Gasteiger partial charge in [-0.3, -0.25) is 4.79 Å². The van der Waals surface area contributed by atoms with Crippen molar-refractivity contribution in [3.63, 3.8) is 0 Å². The fraction of sp³-hybridized carbons (Fsp3) is 0.545. The molecule has 1 saturated heterocycles.